The van der Waals surface area contributed by atoms with Crippen molar-refractivity contribution in [3.63, 3.8) is 0 Å². The molecule has 1 unspecified atom stereocenters. The molecule has 21 heavy (non-hydrogen) atoms. The van der Waals surface area contributed by atoms with Crippen LogP contribution in [0.1, 0.15) is 31.7 Å². The molecule has 0 saturated carbocycles. The third kappa shape index (κ3) is 6.24. The van der Waals surface area contributed by atoms with Crippen molar-refractivity contribution in [1.29, 1.82) is 0 Å². The van der Waals surface area contributed by atoms with E-state index < -0.39 is 16.1 Å². The molecular formula is C14H23N3O3S. The lowest BCUT2D eigenvalue weighted by atomic mass is 10.1. The Morgan fingerprint density at radius 2 is 1.90 bits per heavy atom. The molecule has 0 fully saturated rings. The quantitative estimate of drug-likeness (QED) is 0.648. The molecule has 0 radical (unpaired) electrons. The van der Waals surface area contributed by atoms with Crippen LogP contribution in [0, 0.1) is 0 Å². The Hall–Kier alpha value is -1.44. The summed E-state index contributed by atoms with van der Waals surface area (Å²) < 4.78 is 22.2. The Balaban J connectivity index is 2.41. The highest BCUT2D eigenvalue weighted by Crippen LogP contribution is 2.09. The maximum Gasteiger partial charge on any atom is 0.238 e. The van der Waals surface area contributed by atoms with Gasteiger partial charge in [0.05, 0.1) is 10.9 Å². The molecule has 0 aromatic heterocycles. The molecule has 1 rings (SSSR count). The molecule has 0 heterocycles. The fourth-order valence-corrected chi connectivity index (χ4v) is 2.38. The largest absolute Gasteiger partial charge is 0.354 e. The lowest BCUT2D eigenvalue weighted by molar-refractivity contribution is -0.122. The first-order valence-electron chi connectivity index (χ1n) is 6.99. The number of rotatable bonds is 8. The van der Waals surface area contributed by atoms with Crippen LogP contribution in [0.5, 0.6) is 0 Å². The summed E-state index contributed by atoms with van der Waals surface area (Å²) in [5.74, 6) is -0.149. The van der Waals surface area contributed by atoms with Gasteiger partial charge in [0.1, 0.15) is 0 Å². The Kier molecular flexibility index (Phi) is 6.80. The molecule has 0 aliphatic rings. The minimum atomic E-state index is -3.66. The molecule has 1 aromatic carbocycles. The van der Waals surface area contributed by atoms with E-state index in [-0.39, 0.29) is 10.8 Å². The van der Waals surface area contributed by atoms with Crippen LogP contribution in [0.25, 0.3) is 0 Å². The van der Waals surface area contributed by atoms with Crippen molar-refractivity contribution in [3.8, 4) is 0 Å². The number of nitrogens with two attached hydrogens (primary N) is 2. The molecular weight excluding hydrogens is 290 g/mol. The van der Waals surface area contributed by atoms with Gasteiger partial charge in [0.15, 0.2) is 0 Å². The van der Waals surface area contributed by atoms with Crippen LogP contribution in [0.2, 0.25) is 0 Å². The average molecular weight is 313 g/mol. The van der Waals surface area contributed by atoms with Crippen LogP contribution >= 0.6 is 0 Å². The molecule has 7 heteroatoms. The van der Waals surface area contributed by atoms with Gasteiger partial charge < -0.3 is 11.1 Å². The number of benzene rings is 1. The number of hydrogen-bond acceptors (Lipinski definition) is 4. The fourth-order valence-electron chi connectivity index (χ4n) is 1.86. The third-order valence-corrected chi connectivity index (χ3v) is 4.10. The second-order valence-electron chi connectivity index (χ2n) is 4.98. The van der Waals surface area contributed by atoms with Crippen LogP contribution in [-0.2, 0) is 21.2 Å². The number of hydrogen-bond donors (Lipinski definition) is 3. The Morgan fingerprint density at radius 1 is 1.29 bits per heavy atom. The van der Waals surface area contributed by atoms with E-state index in [9.17, 15) is 13.2 Å². The average Bonchev–Trinajstić information content (AvgIpc) is 2.44. The second kappa shape index (κ2) is 8.11. The van der Waals surface area contributed by atoms with Crippen LogP contribution in [-0.4, -0.2) is 26.9 Å². The van der Waals surface area contributed by atoms with Crippen molar-refractivity contribution in [2.24, 2.45) is 10.9 Å². The summed E-state index contributed by atoms with van der Waals surface area (Å²) in [7, 11) is -3.66. The van der Waals surface area contributed by atoms with E-state index in [1.54, 1.807) is 12.1 Å². The highest BCUT2D eigenvalue weighted by atomic mass is 32.2. The third-order valence-electron chi connectivity index (χ3n) is 3.17. The summed E-state index contributed by atoms with van der Waals surface area (Å²) in [4.78, 5) is 11.8. The minimum absolute atomic E-state index is 0.0804. The van der Waals surface area contributed by atoms with Crippen molar-refractivity contribution < 1.29 is 13.2 Å². The predicted molar refractivity (Wildman–Crippen MR) is 82.0 cm³/mol. The van der Waals surface area contributed by atoms with Gasteiger partial charge in [-0.1, -0.05) is 31.9 Å². The number of nitrogens with one attached hydrogen (secondary N) is 1. The lowest BCUT2D eigenvalue weighted by Crippen LogP contribution is -2.41. The summed E-state index contributed by atoms with van der Waals surface area (Å²) in [6, 6.07) is 5.82. The molecule has 6 nitrogen and oxygen atoms in total. The first kappa shape index (κ1) is 17.6. The van der Waals surface area contributed by atoms with Gasteiger partial charge >= 0.3 is 0 Å². The summed E-state index contributed by atoms with van der Waals surface area (Å²) in [6.07, 6.45) is 3.24. The maximum absolute atomic E-state index is 11.7. The van der Waals surface area contributed by atoms with Crippen molar-refractivity contribution >= 4 is 15.9 Å². The second-order valence-corrected chi connectivity index (χ2v) is 6.54. The van der Waals surface area contributed by atoms with Gasteiger partial charge in [0.25, 0.3) is 0 Å². The zero-order valence-electron chi connectivity index (χ0n) is 12.2. The molecule has 0 aliphatic carbocycles. The number of amides is 1. The van der Waals surface area contributed by atoms with Crippen molar-refractivity contribution in [1.82, 2.24) is 5.32 Å². The normalized spacial score (nSPS) is 12.9. The summed E-state index contributed by atoms with van der Waals surface area (Å²) in [6.45, 7) is 2.52. The monoisotopic (exact) mass is 313 g/mol. The van der Waals surface area contributed by atoms with Gasteiger partial charge in [0.2, 0.25) is 15.9 Å². The predicted octanol–water partition coefficient (Wildman–Crippen LogP) is 0.510. The van der Waals surface area contributed by atoms with E-state index in [1.807, 2.05) is 0 Å². The highest BCUT2D eigenvalue weighted by molar-refractivity contribution is 7.89. The Morgan fingerprint density at radius 3 is 2.43 bits per heavy atom. The topological polar surface area (TPSA) is 115 Å². The summed E-state index contributed by atoms with van der Waals surface area (Å²) in [5.41, 5.74) is 6.68. The van der Waals surface area contributed by atoms with Crippen LogP contribution in [0.4, 0.5) is 0 Å². The van der Waals surface area contributed by atoms with Crippen LogP contribution in [0.15, 0.2) is 29.2 Å². The molecule has 1 amide bonds. The van der Waals surface area contributed by atoms with Gasteiger partial charge in [-0.2, -0.15) is 0 Å². The Labute approximate surface area is 126 Å². The van der Waals surface area contributed by atoms with E-state index in [0.717, 1.165) is 18.4 Å². The molecule has 0 aliphatic heterocycles. The summed E-state index contributed by atoms with van der Waals surface area (Å²) >= 11 is 0. The summed E-state index contributed by atoms with van der Waals surface area (Å²) in [5, 5.41) is 7.80. The smallest absolute Gasteiger partial charge is 0.238 e. The molecule has 1 aromatic rings. The van der Waals surface area contributed by atoms with Crippen molar-refractivity contribution in [2.45, 2.75) is 43.5 Å². The number of unbranched alkanes of at least 4 members (excludes halogenated alkanes) is 1. The first-order chi connectivity index (χ1) is 9.84. The SMILES string of the molecule is CCCCC(N)C(=O)NCCc1ccc(S(N)(=O)=O)cc1. The Bertz CT molecular complexity index is 555. The number of sulfonamides is 1. The highest BCUT2D eigenvalue weighted by Gasteiger charge is 2.12. The maximum atomic E-state index is 11.7. The van der Waals surface area contributed by atoms with Crippen LogP contribution < -0.4 is 16.2 Å². The molecule has 0 spiro atoms. The molecule has 0 bridgehead atoms. The number of carbonyl (C=O) groups is 1. The van der Waals surface area contributed by atoms with E-state index >= 15 is 0 Å². The van der Waals surface area contributed by atoms with Gasteiger partial charge in [-0.25, -0.2) is 13.6 Å². The molecule has 118 valence electrons. The van der Waals surface area contributed by atoms with E-state index in [2.05, 4.69) is 12.2 Å². The van der Waals surface area contributed by atoms with Gasteiger partial charge in [-0.15, -0.1) is 0 Å². The van der Waals surface area contributed by atoms with Crippen molar-refractivity contribution in [2.75, 3.05) is 6.54 Å². The number of carbonyl (C=O) groups excluding carboxylic acids is 1. The van der Waals surface area contributed by atoms with Gasteiger partial charge in [-0.3, -0.25) is 4.79 Å². The number of primary sulfonamides is 1. The minimum Gasteiger partial charge on any atom is -0.354 e. The van der Waals surface area contributed by atoms with Crippen molar-refractivity contribution in [3.05, 3.63) is 29.8 Å². The van der Waals surface area contributed by atoms with Gasteiger partial charge in [-0.05, 0) is 30.5 Å². The standard InChI is InChI=1S/C14H23N3O3S/c1-2-3-4-13(15)14(18)17-10-9-11-5-7-12(8-6-11)21(16,19)20/h5-8,13H,2-4,9-10,15H2,1H3,(H,17,18)(H2,16,19,20). The van der Waals surface area contributed by atoms with Crippen LogP contribution in [0.3, 0.4) is 0 Å². The van der Waals surface area contributed by atoms with E-state index in [1.165, 1.54) is 12.1 Å². The van der Waals surface area contributed by atoms with E-state index in [4.69, 9.17) is 10.9 Å². The van der Waals surface area contributed by atoms with Gasteiger partial charge in [0, 0.05) is 6.54 Å². The molecule has 0 saturated heterocycles. The fraction of sp³-hybridized carbons (Fsp3) is 0.500. The molecule has 1 atom stereocenters. The first-order valence-corrected chi connectivity index (χ1v) is 8.54. The van der Waals surface area contributed by atoms with E-state index in [0.29, 0.717) is 19.4 Å². The molecule has 5 N–H and O–H groups in total. The zero-order valence-corrected chi connectivity index (χ0v) is 13.0. The zero-order chi connectivity index (χ0) is 15.9. The lowest BCUT2D eigenvalue weighted by Gasteiger charge is -2.11.